The Morgan fingerprint density at radius 1 is 1.15 bits per heavy atom. The number of sulfonamides is 1. The molecule has 33 heavy (non-hydrogen) atoms. The molecular weight excluding hydrogens is 442 g/mol. The fraction of sp³-hybridized carbons (Fsp3) is 0.348. The minimum absolute atomic E-state index is 0.109. The molecule has 2 aromatic carbocycles. The Labute approximate surface area is 190 Å². The quantitative estimate of drug-likeness (QED) is 0.444. The van der Waals surface area contributed by atoms with Gasteiger partial charge < -0.3 is 9.51 Å². The highest BCUT2D eigenvalue weighted by atomic mass is 32.2. The molecule has 0 spiro atoms. The number of rotatable bonds is 6. The van der Waals surface area contributed by atoms with Gasteiger partial charge in [0.25, 0.3) is 0 Å². The Morgan fingerprint density at radius 3 is 2.61 bits per heavy atom. The van der Waals surface area contributed by atoms with Crippen LogP contribution < -0.4 is 10.4 Å². The van der Waals surface area contributed by atoms with Crippen molar-refractivity contribution in [2.75, 3.05) is 0 Å². The summed E-state index contributed by atoms with van der Waals surface area (Å²) >= 11 is 0. The molecule has 0 saturated heterocycles. The lowest BCUT2D eigenvalue weighted by atomic mass is 10.1. The molecule has 5 rings (SSSR count). The molecule has 0 radical (unpaired) electrons. The molecule has 0 bridgehead atoms. The van der Waals surface area contributed by atoms with Crippen LogP contribution in [0.5, 0.6) is 0 Å². The second-order valence-electron chi connectivity index (χ2n) is 8.58. The molecule has 10 heteroatoms. The number of H-pyrrole nitrogens is 1. The Morgan fingerprint density at radius 2 is 1.88 bits per heavy atom. The third-order valence-corrected chi connectivity index (χ3v) is 7.70. The molecule has 1 unspecified atom stereocenters. The Balaban J connectivity index is 1.38. The zero-order chi connectivity index (χ0) is 23.2. The molecule has 1 saturated carbocycles. The van der Waals surface area contributed by atoms with Crippen LogP contribution in [-0.2, 0) is 10.0 Å². The monoisotopic (exact) mass is 467 g/mol. The fourth-order valence-electron chi connectivity index (χ4n) is 4.39. The van der Waals surface area contributed by atoms with Crippen LogP contribution in [0.4, 0.5) is 0 Å². The first-order chi connectivity index (χ1) is 15.8. The number of fused-ring (bicyclic) bond motifs is 1. The SMILES string of the molecule is Cc1ccc(S(=O)(=O)NC(C)c2nc(-c3ccc4c(c3)[nH]c(=O)n4C3CCCC3)no2)cc1. The first kappa shape index (κ1) is 21.6. The molecule has 1 aliphatic rings. The second kappa shape index (κ2) is 8.27. The highest BCUT2D eigenvalue weighted by Gasteiger charge is 2.24. The maximum absolute atomic E-state index is 12.7. The molecule has 2 N–H and O–H groups in total. The van der Waals surface area contributed by atoms with Crippen LogP contribution in [0.1, 0.15) is 56.1 Å². The summed E-state index contributed by atoms with van der Waals surface area (Å²) in [6.07, 6.45) is 4.30. The van der Waals surface area contributed by atoms with E-state index in [-0.39, 0.29) is 22.5 Å². The van der Waals surface area contributed by atoms with Gasteiger partial charge in [-0.2, -0.15) is 9.71 Å². The summed E-state index contributed by atoms with van der Waals surface area (Å²) in [5, 5.41) is 4.02. The predicted octanol–water partition coefficient (Wildman–Crippen LogP) is 3.84. The number of hydrogen-bond donors (Lipinski definition) is 2. The van der Waals surface area contributed by atoms with E-state index in [1.54, 1.807) is 31.2 Å². The fourth-order valence-corrected chi connectivity index (χ4v) is 5.59. The molecule has 0 aliphatic heterocycles. The van der Waals surface area contributed by atoms with E-state index in [0.717, 1.165) is 36.8 Å². The zero-order valence-corrected chi connectivity index (χ0v) is 19.2. The smallest absolute Gasteiger partial charge is 0.326 e. The third-order valence-electron chi connectivity index (χ3n) is 6.14. The number of aryl methyl sites for hydroxylation is 1. The van der Waals surface area contributed by atoms with Crippen molar-refractivity contribution in [2.45, 2.75) is 56.5 Å². The topological polar surface area (TPSA) is 123 Å². The summed E-state index contributed by atoms with van der Waals surface area (Å²) < 4.78 is 35.1. The van der Waals surface area contributed by atoms with E-state index in [4.69, 9.17) is 4.52 Å². The summed E-state index contributed by atoms with van der Waals surface area (Å²) in [6.45, 7) is 3.54. The molecule has 2 heterocycles. The molecule has 1 fully saturated rings. The minimum Gasteiger partial charge on any atom is -0.337 e. The zero-order valence-electron chi connectivity index (χ0n) is 18.4. The molecule has 0 amide bonds. The van der Waals surface area contributed by atoms with E-state index >= 15 is 0 Å². The molecule has 4 aromatic rings. The maximum Gasteiger partial charge on any atom is 0.326 e. The molecule has 1 aliphatic carbocycles. The Hall–Kier alpha value is -3.24. The van der Waals surface area contributed by atoms with Crippen molar-refractivity contribution in [3.63, 3.8) is 0 Å². The van der Waals surface area contributed by atoms with Crippen LogP contribution in [-0.4, -0.2) is 28.1 Å². The van der Waals surface area contributed by atoms with E-state index in [1.807, 2.05) is 29.7 Å². The summed E-state index contributed by atoms with van der Waals surface area (Å²) in [5.41, 5.74) is 3.11. The lowest BCUT2D eigenvalue weighted by Gasteiger charge is -2.11. The van der Waals surface area contributed by atoms with Crippen molar-refractivity contribution in [1.29, 1.82) is 0 Å². The van der Waals surface area contributed by atoms with Crippen molar-refractivity contribution in [2.24, 2.45) is 0 Å². The van der Waals surface area contributed by atoms with Gasteiger partial charge >= 0.3 is 5.69 Å². The van der Waals surface area contributed by atoms with Crippen molar-refractivity contribution in [3.8, 4) is 11.4 Å². The third kappa shape index (κ3) is 4.11. The van der Waals surface area contributed by atoms with E-state index in [0.29, 0.717) is 16.9 Å². The highest BCUT2D eigenvalue weighted by molar-refractivity contribution is 7.89. The van der Waals surface area contributed by atoms with Crippen molar-refractivity contribution >= 4 is 21.1 Å². The number of hydrogen-bond acceptors (Lipinski definition) is 6. The Bertz CT molecular complexity index is 1460. The van der Waals surface area contributed by atoms with Crippen LogP contribution >= 0.6 is 0 Å². The second-order valence-corrected chi connectivity index (χ2v) is 10.3. The normalized spacial score (nSPS) is 15.9. The van der Waals surface area contributed by atoms with E-state index in [1.165, 1.54) is 0 Å². The number of aromatic amines is 1. The van der Waals surface area contributed by atoms with Crippen molar-refractivity contribution in [3.05, 3.63) is 64.4 Å². The lowest BCUT2D eigenvalue weighted by Crippen LogP contribution is -2.27. The number of aromatic nitrogens is 4. The maximum atomic E-state index is 12.7. The van der Waals surface area contributed by atoms with E-state index < -0.39 is 16.1 Å². The predicted molar refractivity (Wildman–Crippen MR) is 123 cm³/mol. The number of benzene rings is 2. The lowest BCUT2D eigenvalue weighted by molar-refractivity contribution is 0.354. The van der Waals surface area contributed by atoms with Gasteiger partial charge in [-0.05, 0) is 57.0 Å². The van der Waals surface area contributed by atoms with Gasteiger partial charge in [0.15, 0.2) is 0 Å². The summed E-state index contributed by atoms with van der Waals surface area (Å²) in [4.78, 5) is 20.0. The van der Waals surface area contributed by atoms with Crippen LogP contribution in [0.3, 0.4) is 0 Å². The molecule has 9 nitrogen and oxygen atoms in total. The Kier molecular flexibility index (Phi) is 5.41. The van der Waals surface area contributed by atoms with Gasteiger partial charge in [0, 0.05) is 11.6 Å². The van der Waals surface area contributed by atoms with E-state index in [9.17, 15) is 13.2 Å². The largest absolute Gasteiger partial charge is 0.337 e. The van der Waals surface area contributed by atoms with Gasteiger partial charge in [0.2, 0.25) is 21.7 Å². The number of nitrogens with zero attached hydrogens (tertiary/aromatic N) is 3. The number of nitrogens with one attached hydrogen (secondary N) is 2. The number of imidazole rings is 1. The van der Waals surface area contributed by atoms with Crippen LogP contribution in [0.15, 0.2) is 56.7 Å². The van der Waals surface area contributed by atoms with Crippen molar-refractivity contribution < 1.29 is 12.9 Å². The molecule has 2 aromatic heterocycles. The van der Waals surface area contributed by atoms with Gasteiger partial charge in [0.1, 0.15) is 0 Å². The summed E-state index contributed by atoms with van der Waals surface area (Å²) in [7, 11) is -3.74. The molecular formula is C23H25N5O4S. The summed E-state index contributed by atoms with van der Waals surface area (Å²) in [6, 6.07) is 11.7. The standard InChI is InChI=1S/C23H25N5O4S/c1-14-7-10-18(11-8-14)33(30,31)27-15(2)22-25-21(26-32-22)16-9-12-20-19(13-16)24-23(29)28(20)17-5-3-4-6-17/h7-13,15,17,27H,3-6H2,1-2H3,(H,24,29). The van der Waals surface area contributed by atoms with Gasteiger partial charge in [-0.15, -0.1) is 0 Å². The van der Waals surface area contributed by atoms with Gasteiger partial charge in [0.05, 0.1) is 22.0 Å². The van der Waals surface area contributed by atoms with Gasteiger partial charge in [-0.25, -0.2) is 13.2 Å². The van der Waals surface area contributed by atoms with Crippen LogP contribution in [0.25, 0.3) is 22.4 Å². The average Bonchev–Trinajstić information content (AvgIpc) is 3.52. The average molecular weight is 468 g/mol. The minimum atomic E-state index is -3.74. The van der Waals surface area contributed by atoms with Gasteiger partial charge in [-0.3, -0.25) is 4.57 Å². The molecule has 172 valence electrons. The highest BCUT2D eigenvalue weighted by Crippen LogP contribution is 2.31. The van der Waals surface area contributed by atoms with Gasteiger partial charge in [-0.1, -0.05) is 35.7 Å². The summed E-state index contributed by atoms with van der Waals surface area (Å²) in [5.74, 6) is 0.473. The van der Waals surface area contributed by atoms with Crippen molar-refractivity contribution in [1.82, 2.24) is 24.4 Å². The van der Waals surface area contributed by atoms with E-state index in [2.05, 4.69) is 19.8 Å². The first-order valence-corrected chi connectivity index (χ1v) is 12.5. The first-order valence-electron chi connectivity index (χ1n) is 11.0. The van der Waals surface area contributed by atoms with Crippen LogP contribution in [0.2, 0.25) is 0 Å². The van der Waals surface area contributed by atoms with Crippen LogP contribution in [0, 0.1) is 6.92 Å². The molecule has 1 atom stereocenters.